The van der Waals surface area contributed by atoms with Crippen molar-refractivity contribution in [2.24, 2.45) is 11.8 Å². The Morgan fingerprint density at radius 3 is 2.58 bits per heavy atom. The summed E-state index contributed by atoms with van der Waals surface area (Å²) < 4.78 is 5.71. The number of benzene rings is 1. The molecular weight excluding hydrogens is 332 g/mol. The van der Waals surface area contributed by atoms with Crippen molar-refractivity contribution in [2.45, 2.75) is 26.9 Å². The van der Waals surface area contributed by atoms with Crippen LogP contribution in [0.2, 0.25) is 5.02 Å². The molecular formula is C14H18BrClO3. The van der Waals surface area contributed by atoms with Gasteiger partial charge in [0.25, 0.3) is 0 Å². The first kappa shape index (κ1) is 16.5. The molecule has 1 aromatic rings. The number of ether oxygens (including phenoxy) is 1. The second kappa shape index (κ2) is 7.27. The van der Waals surface area contributed by atoms with Crippen molar-refractivity contribution < 1.29 is 14.6 Å². The van der Waals surface area contributed by atoms with E-state index >= 15 is 0 Å². The van der Waals surface area contributed by atoms with Crippen molar-refractivity contribution >= 4 is 33.5 Å². The van der Waals surface area contributed by atoms with Gasteiger partial charge in [-0.15, -0.1) is 0 Å². The number of hydrogen-bond donors (Lipinski definition) is 1. The number of carbonyl (C=O) groups excluding carboxylic acids is 1. The van der Waals surface area contributed by atoms with Crippen LogP contribution in [0.1, 0.15) is 32.4 Å². The molecule has 0 saturated heterocycles. The molecule has 0 aliphatic heterocycles. The van der Waals surface area contributed by atoms with Crippen LogP contribution < -0.4 is 0 Å². The standard InChI is InChI=1S/C14H18BrClO3/c1-4-19-14(18)12(8(2)3)13(17)10-6-5-9(16)7-11(10)15/h5-8,12-13,17H,4H2,1-3H3. The van der Waals surface area contributed by atoms with Gasteiger partial charge in [-0.1, -0.05) is 47.4 Å². The van der Waals surface area contributed by atoms with Crippen molar-refractivity contribution in [3.63, 3.8) is 0 Å². The van der Waals surface area contributed by atoms with E-state index in [1.54, 1.807) is 25.1 Å². The van der Waals surface area contributed by atoms with Gasteiger partial charge >= 0.3 is 5.97 Å². The molecule has 106 valence electrons. The molecule has 2 unspecified atom stereocenters. The molecule has 0 fully saturated rings. The maximum absolute atomic E-state index is 12.0. The summed E-state index contributed by atoms with van der Waals surface area (Å²) in [7, 11) is 0. The van der Waals surface area contributed by atoms with Crippen molar-refractivity contribution in [3.05, 3.63) is 33.3 Å². The number of rotatable bonds is 5. The summed E-state index contributed by atoms with van der Waals surface area (Å²) in [6.45, 7) is 5.82. The van der Waals surface area contributed by atoms with Crippen molar-refractivity contribution in [3.8, 4) is 0 Å². The summed E-state index contributed by atoms with van der Waals surface area (Å²) in [5, 5.41) is 11.0. The molecule has 0 aliphatic carbocycles. The third kappa shape index (κ3) is 4.20. The summed E-state index contributed by atoms with van der Waals surface area (Å²) >= 11 is 9.23. The quantitative estimate of drug-likeness (QED) is 0.818. The minimum atomic E-state index is -0.925. The number of halogens is 2. The molecule has 3 nitrogen and oxygen atoms in total. The second-order valence-corrected chi connectivity index (χ2v) is 5.92. The lowest BCUT2D eigenvalue weighted by Crippen LogP contribution is -2.29. The molecule has 0 radical (unpaired) electrons. The Morgan fingerprint density at radius 1 is 1.47 bits per heavy atom. The molecule has 0 spiro atoms. The number of aliphatic hydroxyl groups is 1. The molecule has 0 bridgehead atoms. The van der Waals surface area contributed by atoms with Gasteiger partial charge < -0.3 is 9.84 Å². The van der Waals surface area contributed by atoms with E-state index < -0.39 is 12.0 Å². The number of carbonyl (C=O) groups is 1. The van der Waals surface area contributed by atoms with E-state index in [-0.39, 0.29) is 11.9 Å². The molecule has 19 heavy (non-hydrogen) atoms. The van der Waals surface area contributed by atoms with Crippen LogP contribution in [0.4, 0.5) is 0 Å². The van der Waals surface area contributed by atoms with E-state index in [2.05, 4.69) is 15.9 Å². The average molecular weight is 350 g/mol. The zero-order chi connectivity index (χ0) is 14.6. The number of aliphatic hydroxyl groups excluding tert-OH is 1. The third-order valence-electron chi connectivity index (χ3n) is 2.90. The van der Waals surface area contributed by atoms with Crippen LogP contribution >= 0.6 is 27.5 Å². The highest BCUT2D eigenvalue weighted by atomic mass is 79.9. The molecule has 1 rings (SSSR count). The van der Waals surface area contributed by atoms with Crippen LogP contribution in [0.3, 0.4) is 0 Å². The van der Waals surface area contributed by atoms with Crippen molar-refractivity contribution in [2.75, 3.05) is 6.61 Å². The highest BCUT2D eigenvalue weighted by molar-refractivity contribution is 9.10. The minimum absolute atomic E-state index is 0.0309. The fraction of sp³-hybridized carbons (Fsp3) is 0.500. The first-order valence-electron chi connectivity index (χ1n) is 6.18. The lowest BCUT2D eigenvalue weighted by atomic mass is 9.86. The zero-order valence-electron chi connectivity index (χ0n) is 11.2. The van der Waals surface area contributed by atoms with Crippen molar-refractivity contribution in [1.29, 1.82) is 0 Å². The lowest BCUT2D eigenvalue weighted by molar-refractivity contribution is -0.154. The summed E-state index contributed by atoms with van der Waals surface area (Å²) in [6.07, 6.45) is -0.925. The predicted octanol–water partition coefficient (Wildman–Crippen LogP) is 3.97. The van der Waals surface area contributed by atoms with Gasteiger partial charge in [-0.3, -0.25) is 4.79 Å². The molecule has 2 atom stereocenters. The van der Waals surface area contributed by atoms with E-state index in [4.69, 9.17) is 16.3 Å². The molecule has 0 saturated carbocycles. The monoisotopic (exact) mass is 348 g/mol. The van der Waals surface area contributed by atoms with Gasteiger partial charge in [0.05, 0.1) is 18.6 Å². The normalized spacial score (nSPS) is 14.3. The van der Waals surface area contributed by atoms with Crippen LogP contribution in [0.15, 0.2) is 22.7 Å². The lowest BCUT2D eigenvalue weighted by Gasteiger charge is -2.25. The molecule has 0 aliphatic rings. The maximum Gasteiger partial charge on any atom is 0.312 e. The number of esters is 1. The van der Waals surface area contributed by atoms with Gasteiger partial charge in [0.2, 0.25) is 0 Å². The second-order valence-electron chi connectivity index (χ2n) is 4.63. The minimum Gasteiger partial charge on any atom is -0.466 e. The Balaban J connectivity index is 3.05. The highest BCUT2D eigenvalue weighted by Gasteiger charge is 2.33. The summed E-state index contributed by atoms with van der Waals surface area (Å²) in [6, 6.07) is 5.10. The van der Waals surface area contributed by atoms with Crippen LogP contribution in [0, 0.1) is 11.8 Å². The largest absolute Gasteiger partial charge is 0.466 e. The highest BCUT2D eigenvalue weighted by Crippen LogP contribution is 2.34. The van der Waals surface area contributed by atoms with E-state index in [0.717, 1.165) is 0 Å². The fourth-order valence-electron chi connectivity index (χ4n) is 1.94. The molecule has 1 N–H and O–H groups in total. The van der Waals surface area contributed by atoms with Gasteiger partial charge in [0.1, 0.15) is 0 Å². The predicted molar refractivity (Wildman–Crippen MR) is 79.1 cm³/mol. The molecule has 1 aromatic carbocycles. The Hall–Kier alpha value is -0.580. The molecule has 0 amide bonds. The summed E-state index contributed by atoms with van der Waals surface area (Å²) in [5.41, 5.74) is 0.635. The Labute approximate surface area is 127 Å². The van der Waals surface area contributed by atoms with Gasteiger partial charge in [0, 0.05) is 9.50 Å². The van der Waals surface area contributed by atoms with Gasteiger partial charge in [-0.25, -0.2) is 0 Å². The molecule has 5 heteroatoms. The SMILES string of the molecule is CCOC(=O)C(C(C)C)C(O)c1ccc(Cl)cc1Br. The fourth-order valence-corrected chi connectivity index (χ4v) is 2.86. The van der Waals surface area contributed by atoms with E-state index in [9.17, 15) is 9.90 Å². The summed E-state index contributed by atoms with van der Waals surface area (Å²) in [4.78, 5) is 12.0. The van der Waals surface area contributed by atoms with Crippen LogP contribution in [0.5, 0.6) is 0 Å². The number of hydrogen-bond acceptors (Lipinski definition) is 3. The Kier molecular flexibility index (Phi) is 6.30. The van der Waals surface area contributed by atoms with E-state index in [1.807, 2.05) is 13.8 Å². The first-order chi connectivity index (χ1) is 8.88. The van der Waals surface area contributed by atoms with E-state index in [0.29, 0.717) is 21.7 Å². The van der Waals surface area contributed by atoms with Gasteiger partial charge in [-0.05, 0) is 30.5 Å². The van der Waals surface area contributed by atoms with Gasteiger partial charge in [0.15, 0.2) is 0 Å². The van der Waals surface area contributed by atoms with Crippen LogP contribution in [0.25, 0.3) is 0 Å². The molecule has 0 heterocycles. The molecule has 0 aromatic heterocycles. The van der Waals surface area contributed by atoms with Crippen LogP contribution in [-0.4, -0.2) is 17.7 Å². The smallest absolute Gasteiger partial charge is 0.312 e. The summed E-state index contributed by atoms with van der Waals surface area (Å²) in [5.74, 6) is -1.01. The topological polar surface area (TPSA) is 46.5 Å². The van der Waals surface area contributed by atoms with E-state index in [1.165, 1.54) is 0 Å². The third-order valence-corrected chi connectivity index (χ3v) is 3.82. The van der Waals surface area contributed by atoms with Gasteiger partial charge in [-0.2, -0.15) is 0 Å². The average Bonchev–Trinajstić information content (AvgIpc) is 2.28. The Bertz CT molecular complexity index is 448. The first-order valence-corrected chi connectivity index (χ1v) is 7.35. The Morgan fingerprint density at radius 2 is 2.11 bits per heavy atom. The van der Waals surface area contributed by atoms with Crippen LogP contribution in [-0.2, 0) is 9.53 Å². The van der Waals surface area contributed by atoms with Crippen molar-refractivity contribution in [1.82, 2.24) is 0 Å². The zero-order valence-corrected chi connectivity index (χ0v) is 13.5. The maximum atomic E-state index is 12.0.